The van der Waals surface area contributed by atoms with Crippen LogP contribution in [-0.4, -0.2) is 4.98 Å². The second kappa shape index (κ2) is 6.98. The lowest BCUT2D eigenvalue weighted by Crippen LogP contribution is -2.05. The standard InChI is InChI=1S/C21H21F3N2/c1-4-13(2)15-5-8-17(9-6-15)26-19-11-14(3)25-20-12-16(21(22,23)24)7-10-18(19)20/h5-13H,4H2,1-3H3,(H,25,26). The molecule has 136 valence electrons. The molecule has 2 nitrogen and oxygen atoms in total. The molecule has 1 N–H and O–H groups in total. The number of aryl methyl sites for hydroxylation is 1. The van der Waals surface area contributed by atoms with Crippen LogP contribution in [0.4, 0.5) is 24.5 Å². The molecule has 2 aromatic carbocycles. The number of rotatable bonds is 4. The minimum atomic E-state index is -4.38. The third-order valence-electron chi connectivity index (χ3n) is 4.64. The van der Waals surface area contributed by atoms with E-state index in [0.29, 0.717) is 22.5 Å². The van der Waals surface area contributed by atoms with Gasteiger partial charge < -0.3 is 5.32 Å². The number of alkyl halides is 3. The third-order valence-corrected chi connectivity index (χ3v) is 4.64. The summed E-state index contributed by atoms with van der Waals surface area (Å²) in [4.78, 5) is 4.26. The molecule has 0 aliphatic rings. The maximum atomic E-state index is 13.0. The lowest BCUT2D eigenvalue weighted by Gasteiger charge is -2.14. The zero-order valence-electron chi connectivity index (χ0n) is 15.0. The fourth-order valence-corrected chi connectivity index (χ4v) is 2.93. The average molecular weight is 358 g/mol. The molecule has 0 amide bonds. The predicted molar refractivity (Wildman–Crippen MR) is 99.9 cm³/mol. The summed E-state index contributed by atoms with van der Waals surface area (Å²) in [5.41, 5.74) is 3.21. The molecule has 1 unspecified atom stereocenters. The molecule has 3 aromatic rings. The van der Waals surface area contributed by atoms with Gasteiger partial charge in [-0.1, -0.05) is 32.0 Å². The minimum Gasteiger partial charge on any atom is -0.355 e. The first-order valence-electron chi connectivity index (χ1n) is 8.63. The maximum Gasteiger partial charge on any atom is 0.416 e. The van der Waals surface area contributed by atoms with Crippen LogP contribution in [0.5, 0.6) is 0 Å². The van der Waals surface area contributed by atoms with Crippen LogP contribution in [-0.2, 0) is 6.18 Å². The molecule has 0 aliphatic carbocycles. The number of halogens is 3. The van der Waals surface area contributed by atoms with E-state index < -0.39 is 11.7 Å². The van der Waals surface area contributed by atoms with Crippen molar-refractivity contribution in [2.45, 2.75) is 39.3 Å². The SMILES string of the molecule is CCC(C)c1ccc(Nc2cc(C)nc3cc(C(F)(F)F)ccc23)cc1. The topological polar surface area (TPSA) is 24.9 Å². The van der Waals surface area contributed by atoms with Gasteiger partial charge >= 0.3 is 6.18 Å². The number of pyridine rings is 1. The summed E-state index contributed by atoms with van der Waals surface area (Å²) in [5, 5.41) is 3.97. The number of benzene rings is 2. The van der Waals surface area contributed by atoms with Gasteiger partial charge in [-0.2, -0.15) is 13.2 Å². The van der Waals surface area contributed by atoms with E-state index in [0.717, 1.165) is 29.9 Å². The van der Waals surface area contributed by atoms with Crippen LogP contribution in [0.25, 0.3) is 10.9 Å². The lowest BCUT2D eigenvalue weighted by molar-refractivity contribution is -0.137. The van der Waals surface area contributed by atoms with Gasteiger partial charge in [-0.05, 0) is 55.2 Å². The zero-order valence-corrected chi connectivity index (χ0v) is 15.0. The Bertz CT molecular complexity index is 915. The first-order chi connectivity index (χ1) is 12.3. The summed E-state index contributed by atoms with van der Waals surface area (Å²) >= 11 is 0. The molecule has 0 bridgehead atoms. The Hall–Kier alpha value is -2.56. The van der Waals surface area contributed by atoms with Crippen LogP contribution in [0.2, 0.25) is 0 Å². The molecule has 0 fully saturated rings. The van der Waals surface area contributed by atoms with E-state index >= 15 is 0 Å². The molecular weight excluding hydrogens is 337 g/mol. The number of fused-ring (bicyclic) bond motifs is 1. The van der Waals surface area contributed by atoms with Gasteiger partial charge in [-0.3, -0.25) is 4.98 Å². The number of nitrogens with zero attached hydrogens (tertiary/aromatic N) is 1. The summed E-state index contributed by atoms with van der Waals surface area (Å²) in [6.07, 6.45) is -3.30. The summed E-state index contributed by atoms with van der Waals surface area (Å²) in [6.45, 7) is 6.11. The Morgan fingerprint density at radius 3 is 2.35 bits per heavy atom. The Balaban J connectivity index is 1.97. The van der Waals surface area contributed by atoms with Gasteiger partial charge in [0.15, 0.2) is 0 Å². The highest BCUT2D eigenvalue weighted by Crippen LogP contribution is 2.34. The van der Waals surface area contributed by atoms with E-state index in [9.17, 15) is 13.2 Å². The van der Waals surface area contributed by atoms with Crippen molar-refractivity contribution in [3.63, 3.8) is 0 Å². The zero-order chi connectivity index (χ0) is 18.9. The summed E-state index contributed by atoms with van der Waals surface area (Å²) in [7, 11) is 0. The molecule has 1 heterocycles. The molecule has 3 rings (SSSR count). The molecule has 5 heteroatoms. The Kier molecular flexibility index (Phi) is 4.90. The van der Waals surface area contributed by atoms with Gasteiger partial charge in [0.25, 0.3) is 0 Å². The summed E-state index contributed by atoms with van der Waals surface area (Å²) < 4.78 is 38.9. The molecule has 0 aliphatic heterocycles. The molecule has 1 aromatic heterocycles. The highest BCUT2D eigenvalue weighted by Gasteiger charge is 2.30. The van der Waals surface area contributed by atoms with Gasteiger partial charge in [0.1, 0.15) is 0 Å². The highest BCUT2D eigenvalue weighted by molar-refractivity contribution is 5.93. The normalized spacial score (nSPS) is 13.0. The number of hydrogen-bond donors (Lipinski definition) is 1. The smallest absolute Gasteiger partial charge is 0.355 e. The third kappa shape index (κ3) is 3.82. The summed E-state index contributed by atoms with van der Waals surface area (Å²) in [5.74, 6) is 0.494. The van der Waals surface area contributed by atoms with Crippen molar-refractivity contribution in [2.75, 3.05) is 5.32 Å². The van der Waals surface area contributed by atoms with Crippen LogP contribution in [0.3, 0.4) is 0 Å². The van der Waals surface area contributed by atoms with Crippen molar-refractivity contribution in [3.8, 4) is 0 Å². The molecule has 0 saturated carbocycles. The van der Waals surface area contributed by atoms with Gasteiger partial charge in [0, 0.05) is 22.5 Å². The van der Waals surface area contributed by atoms with Crippen LogP contribution in [0.15, 0.2) is 48.5 Å². The second-order valence-electron chi connectivity index (χ2n) is 6.60. The second-order valence-corrected chi connectivity index (χ2v) is 6.60. The van der Waals surface area contributed by atoms with Gasteiger partial charge in [-0.15, -0.1) is 0 Å². The first-order valence-corrected chi connectivity index (χ1v) is 8.63. The number of nitrogens with one attached hydrogen (secondary N) is 1. The van der Waals surface area contributed by atoms with Gasteiger partial charge in [0.05, 0.1) is 11.1 Å². The molecular formula is C21H21F3N2. The van der Waals surface area contributed by atoms with E-state index in [1.807, 2.05) is 18.2 Å². The summed E-state index contributed by atoms with van der Waals surface area (Å²) in [6, 6.07) is 13.7. The van der Waals surface area contributed by atoms with Crippen molar-refractivity contribution in [2.24, 2.45) is 0 Å². The van der Waals surface area contributed by atoms with Crippen molar-refractivity contribution >= 4 is 22.3 Å². The quantitative estimate of drug-likeness (QED) is 0.553. The van der Waals surface area contributed by atoms with Crippen molar-refractivity contribution < 1.29 is 13.2 Å². The Morgan fingerprint density at radius 2 is 1.73 bits per heavy atom. The molecule has 0 saturated heterocycles. The van der Waals surface area contributed by atoms with Crippen molar-refractivity contribution in [1.29, 1.82) is 0 Å². The fourth-order valence-electron chi connectivity index (χ4n) is 2.93. The predicted octanol–water partition coefficient (Wildman–Crippen LogP) is 6.82. The lowest BCUT2D eigenvalue weighted by atomic mass is 9.98. The average Bonchev–Trinajstić information content (AvgIpc) is 2.60. The van der Waals surface area contributed by atoms with Crippen molar-refractivity contribution in [1.82, 2.24) is 4.98 Å². The van der Waals surface area contributed by atoms with E-state index in [-0.39, 0.29) is 0 Å². The van der Waals surface area contributed by atoms with Crippen LogP contribution < -0.4 is 5.32 Å². The largest absolute Gasteiger partial charge is 0.416 e. The van der Waals surface area contributed by atoms with Gasteiger partial charge in [0.2, 0.25) is 0 Å². The fraction of sp³-hybridized carbons (Fsp3) is 0.286. The van der Waals surface area contributed by atoms with E-state index in [2.05, 4.69) is 36.3 Å². The molecule has 1 atom stereocenters. The van der Waals surface area contributed by atoms with E-state index in [4.69, 9.17) is 0 Å². The van der Waals surface area contributed by atoms with E-state index in [1.165, 1.54) is 11.6 Å². The van der Waals surface area contributed by atoms with Gasteiger partial charge in [-0.25, -0.2) is 0 Å². The monoisotopic (exact) mass is 358 g/mol. The number of anilines is 2. The van der Waals surface area contributed by atoms with Crippen LogP contribution in [0.1, 0.15) is 43.0 Å². The van der Waals surface area contributed by atoms with E-state index in [1.54, 1.807) is 6.92 Å². The number of hydrogen-bond acceptors (Lipinski definition) is 2. The number of aromatic nitrogens is 1. The van der Waals surface area contributed by atoms with Crippen LogP contribution in [0, 0.1) is 6.92 Å². The maximum absolute atomic E-state index is 13.0. The van der Waals surface area contributed by atoms with Crippen LogP contribution >= 0.6 is 0 Å². The van der Waals surface area contributed by atoms with Crippen molar-refractivity contribution in [3.05, 3.63) is 65.4 Å². The molecule has 0 spiro atoms. The molecule has 0 radical (unpaired) electrons. The molecule has 26 heavy (non-hydrogen) atoms. The Labute approximate surface area is 151 Å². The highest BCUT2D eigenvalue weighted by atomic mass is 19.4. The first kappa shape index (κ1) is 18.2. The minimum absolute atomic E-state index is 0.332. The Morgan fingerprint density at radius 1 is 1.04 bits per heavy atom.